The normalized spacial score (nSPS) is 15.0. The monoisotopic (exact) mass is 470 g/mol. The summed E-state index contributed by atoms with van der Waals surface area (Å²) >= 11 is 0. The van der Waals surface area contributed by atoms with Crippen LogP contribution in [0.2, 0.25) is 0 Å². The highest BCUT2D eigenvalue weighted by atomic mass is 16.5. The Kier molecular flexibility index (Phi) is 7.86. The lowest BCUT2D eigenvalue weighted by Crippen LogP contribution is -2.40. The molecule has 0 aliphatic carbocycles. The van der Waals surface area contributed by atoms with Crippen LogP contribution < -0.4 is 10.1 Å². The molecular formula is C30H34N2O3. The summed E-state index contributed by atoms with van der Waals surface area (Å²) in [4.78, 5) is 27.7. The van der Waals surface area contributed by atoms with Crippen LogP contribution in [0.5, 0.6) is 5.75 Å². The summed E-state index contributed by atoms with van der Waals surface area (Å²) in [6, 6.07) is 23.5. The molecule has 0 aromatic heterocycles. The van der Waals surface area contributed by atoms with Gasteiger partial charge in [-0.2, -0.15) is 0 Å². The number of hydrogen-bond donors (Lipinski definition) is 1. The van der Waals surface area contributed by atoms with Gasteiger partial charge in [0.15, 0.2) is 6.61 Å². The van der Waals surface area contributed by atoms with E-state index in [-0.39, 0.29) is 24.5 Å². The number of benzene rings is 3. The SMILES string of the molecule is Cc1cccc(C2c3cc(OCC(=O)NCCC(C)C)ccc3CCN2C(=O)c2ccccc2)c1. The van der Waals surface area contributed by atoms with E-state index in [1.807, 2.05) is 53.4 Å². The van der Waals surface area contributed by atoms with Crippen molar-refractivity contribution in [3.63, 3.8) is 0 Å². The van der Waals surface area contributed by atoms with E-state index in [0.29, 0.717) is 30.3 Å². The smallest absolute Gasteiger partial charge is 0.257 e. The lowest BCUT2D eigenvalue weighted by Gasteiger charge is -2.38. The van der Waals surface area contributed by atoms with Crippen LogP contribution in [0.3, 0.4) is 0 Å². The number of aryl methyl sites for hydroxylation is 1. The van der Waals surface area contributed by atoms with E-state index in [9.17, 15) is 9.59 Å². The van der Waals surface area contributed by atoms with Crippen LogP contribution in [-0.2, 0) is 11.2 Å². The van der Waals surface area contributed by atoms with Crippen molar-refractivity contribution in [3.05, 3.63) is 101 Å². The quantitative estimate of drug-likeness (QED) is 0.485. The van der Waals surface area contributed by atoms with Crippen LogP contribution in [0.25, 0.3) is 0 Å². The van der Waals surface area contributed by atoms with E-state index in [2.05, 4.69) is 50.4 Å². The highest BCUT2D eigenvalue weighted by molar-refractivity contribution is 5.95. The Morgan fingerprint density at radius 2 is 1.83 bits per heavy atom. The molecule has 3 aromatic rings. The maximum atomic E-state index is 13.6. The second-order valence-electron chi connectivity index (χ2n) is 9.61. The minimum Gasteiger partial charge on any atom is -0.484 e. The van der Waals surface area contributed by atoms with Crippen LogP contribution in [-0.4, -0.2) is 36.4 Å². The van der Waals surface area contributed by atoms with Gasteiger partial charge in [0.05, 0.1) is 6.04 Å². The molecule has 1 aliphatic heterocycles. The third kappa shape index (κ3) is 6.10. The topological polar surface area (TPSA) is 58.6 Å². The number of nitrogens with one attached hydrogen (secondary N) is 1. The minimum atomic E-state index is -0.227. The molecule has 0 bridgehead atoms. The fourth-order valence-electron chi connectivity index (χ4n) is 4.55. The Balaban J connectivity index is 1.60. The van der Waals surface area contributed by atoms with Gasteiger partial charge in [0.1, 0.15) is 5.75 Å². The molecular weight excluding hydrogens is 436 g/mol. The molecule has 1 unspecified atom stereocenters. The second kappa shape index (κ2) is 11.2. The van der Waals surface area contributed by atoms with Gasteiger partial charge >= 0.3 is 0 Å². The molecule has 35 heavy (non-hydrogen) atoms. The molecule has 0 saturated heterocycles. The first-order chi connectivity index (χ1) is 16.9. The third-order valence-corrected chi connectivity index (χ3v) is 6.40. The van der Waals surface area contributed by atoms with Crippen molar-refractivity contribution in [3.8, 4) is 5.75 Å². The van der Waals surface area contributed by atoms with Crippen LogP contribution in [0.1, 0.15) is 58.9 Å². The molecule has 0 radical (unpaired) electrons. The van der Waals surface area contributed by atoms with Gasteiger partial charge in [-0.25, -0.2) is 0 Å². The van der Waals surface area contributed by atoms with Crippen LogP contribution in [0.4, 0.5) is 0 Å². The Labute approximate surface area is 208 Å². The Hall–Kier alpha value is -3.60. The molecule has 182 valence electrons. The zero-order valence-corrected chi connectivity index (χ0v) is 20.8. The summed E-state index contributed by atoms with van der Waals surface area (Å²) in [5, 5.41) is 2.91. The van der Waals surface area contributed by atoms with E-state index >= 15 is 0 Å². The summed E-state index contributed by atoms with van der Waals surface area (Å²) in [5.74, 6) is 1.06. The summed E-state index contributed by atoms with van der Waals surface area (Å²) in [5.41, 5.74) is 5.14. The molecule has 4 rings (SSSR count). The standard InChI is InChI=1S/C30H34N2O3/c1-21(2)14-16-31-28(33)20-35-26-13-12-23-15-17-32(30(34)24-9-5-4-6-10-24)29(27(23)19-26)25-11-7-8-22(3)18-25/h4-13,18-19,21,29H,14-17,20H2,1-3H3,(H,31,33). The Morgan fingerprint density at radius 3 is 2.57 bits per heavy atom. The van der Waals surface area contributed by atoms with Crippen LogP contribution >= 0.6 is 0 Å². The number of ether oxygens (including phenoxy) is 1. The Bertz CT molecular complexity index is 1170. The maximum absolute atomic E-state index is 13.6. The van der Waals surface area contributed by atoms with Gasteiger partial charge in [0.2, 0.25) is 0 Å². The van der Waals surface area contributed by atoms with Crippen LogP contribution in [0.15, 0.2) is 72.8 Å². The lowest BCUT2D eigenvalue weighted by atomic mass is 9.87. The molecule has 1 atom stereocenters. The number of fused-ring (bicyclic) bond motifs is 1. The van der Waals surface area contributed by atoms with Crippen molar-refractivity contribution >= 4 is 11.8 Å². The van der Waals surface area contributed by atoms with E-state index < -0.39 is 0 Å². The van der Waals surface area contributed by atoms with Gasteiger partial charge in [0, 0.05) is 18.7 Å². The zero-order chi connectivity index (χ0) is 24.8. The number of nitrogens with zero attached hydrogens (tertiary/aromatic N) is 1. The number of hydrogen-bond acceptors (Lipinski definition) is 3. The van der Waals surface area contributed by atoms with E-state index in [0.717, 1.165) is 29.5 Å². The van der Waals surface area contributed by atoms with Gasteiger partial charge < -0.3 is 15.0 Å². The van der Waals surface area contributed by atoms with Crippen molar-refractivity contribution in [2.75, 3.05) is 19.7 Å². The number of carbonyl (C=O) groups is 2. The van der Waals surface area contributed by atoms with E-state index in [1.54, 1.807) is 0 Å². The van der Waals surface area contributed by atoms with Crippen molar-refractivity contribution in [1.29, 1.82) is 0 Å². The van der Waals surface area contributed by atoms with Gasteiger partial charge in [-0.1, -0.05) is 67.9 Å². The average Bonchev–Trinajstić information content (AvgIpc) is 2.86. The van der Waals surface area contributed by atoms with Crippen molar-refractivity contribution in [2.24, 2.45) is 5.92 Å². The lowest BCUT2D eigenvalue weighted by molar-refractivity contribution is -0.123. The third-order valence-electron chi connectivity index (χ3n) is 6.40. The van der Waals surface area contributed by atoms with E-state index in [1.165, 1.54) is 5.56 Å². The molecule has 0 spiro atoms. The van der Waals surface area contributed by atoms with E-state index in [4.69, 9.17) is 4.74 Å². The molecule has 2 amide bonds. The first kappa shape index (κ1) is 24.5. The fraction of sp³-hybridized carbons (Fsp3) is 0.333. The predicted molar refractivity (Wildman–Crippen MR) is 139 cm³/mol. The molecule has 1 aliphatic rings. The fourth-order valence-corrected chi connectivity index (χ4v) is 4.55. The molecule has 0 fully saturated rings. The number of amides is 2. The molecule has 1 N–H and O–H groups in total. The molecule has 0 saturated carbocycles. The maximum Gasteiger partial charge on any atom is 0.257 e. The average molecular weight is 471 g/mol. The largest absolute Gasteiger partial charge is 0.484 e. The van der Waals surface area contributed by atoms with Gasteiger partial charge in [-0.3, -0.25) is 9.59 Å². The highest BCUT2D eigenvalue weighted by Crippen LogP contribution is 2.38. The Morgan fingerprint density at radius 1 is 1.03 bits per heavy atom. The number of carbonyl (C=O) groups excluding carboxylic acids is 2. The first-order valence-corrected chi connectivity index (χ1v) is 12.4. The first-order valence-electron chi connectivity index (χ1n) is 12.4. The van der Waals surface area contributed by atoms with Crippen molar-refractivity contribution < 1.29 is 14.3 Å². The van der Waals surface area contributed by atoms with Crippen LogP contribution in [0, 0.1) is 12.8 Å². The van der Waals surface area contributed by atoms with Crippen molar-refractivity contribution in [1.82, 2.24) is 10.2 Å². The van der Waals surface area contributed by atoms with Gasteiger partial charge in [-0.05, 0) is 66.6 Å². The molecule has 5 heteroatoms. The zero-order valence-electron chi connectivity index (χ0n) is 20.8. The summed E-state index contributed by atoms with van der Waals surface area (Å²) in [6.07, 6.45) is 1.71. The van der Waals surface area contributed by atoms with Crippen molar-refractivity contribution in [2.45, 2.75) is 39.7 Å². The summed E-state index contributed by atoms with van der Waals surface area (Å²) < 4.78 is 5.86. The summed E-state index contributed by atoms with van der Waals surface area (Å²) in [6.45, 7) is 7.58. The molecule has 1 heterocycles. The predicted octanol–water partition coefficient (Wildman–Crippen LogP) is 5.32. The van der Waals surface area contributed by atoms with Gasteiger partial charge in [0.25, 0.3) is 11.8 Å². The second-order valence-corrected chi connectivity index (χ2v) is 9.61. The summed E-state index contributed by atoms with van der Waals surface area (Å²) in [7, 11) is 0. The molecule has 5 nitrogen and oxygen atoms in total. The number of rotatable bonds is 8. The van der Waals surface area contributed by atoms with Gasteiger partial charge in [-0.15, -0.1) is 0 Å². The minimum absolute atomic E-state index is 0.0126. The molecule has 3 aromatic carbocycles. The highest BCUT2D eigenvalue weighted by Gasteiger charge is 2.33.